The van der Waals surface area contributed by atoms with Gasteiger partial charge >= 0.3 is 0 Å². The Morgan fingerprint density at radius 1 is 1.12 bits per heavy atom. The second-order valence-electron chi connectivity index (χ2n) is 5.69. The molecule has 0 saturated carbocycles. The summed E-state index contributed by atoms with van der Waals surface area (Å²) in [6.07, 6.45) is 1.52. The number of anilines is 2. The third-order valence-electron chi connectivity index (χ3n) is 3.78. The van der Waals surface area contributed by atoms with E-state index in [0.29, 0.717) is 17.2 Å². The van der Waals surface area contributed by atoms with Crippen LogP contribution in [0.4, 0.5) is 11.6 Å². The van der Waals surface area contributed by atoms with Gasteiger partial charge in [-0.05, 0) is 36.8 Å². The van der Waals surface area contributed by atoms with E-state index in [0.717, 1.165) is 5.56 Å². The van der Waals surface area contributed by atoms with Crippen molar-refractivity contribution in [3.05, 3.63) is 83.7 Å². The lowest BCUT2D eigenvalue weighted by Crippen LogP contribution is -2.27. The molecule has 26 heavy (non-hydrogen) atoms. The van der Waals surface area contributed by atoms with Crippen molar-refractivity contribution in [3.63, 3.8) is 0 Å². The number of hydrogen-bond donors (Lipinski definition) is 2. The van der Waals surface area contributed by atoms with Gasteiger partial charge in [0.1, 0.15) is 5.69 Å². The van der Waals surface area contributed by atoms with Gasteiger partial charge in [-0.3, -0.25) is 4.79 Å². The van der Waals surface area contributed by atoms with Crippen LogP contribution in [0.3, 0.4) is 0 Å². The Kier molecular flexibility index (Phi) is 5.20. The van der Waals surface area contributed by atoms with E-state index in [1.54, 1.807) is 30.3 Å². The van der Waals surface area contributed by atoms with E-state index in [-0.39, 0.29) is 17.6 Å². The lowest BCUT2D eigenvalue weighted by atomic mass is 10.1. The van der Waals surface area contributed by atoms with Gasteiger partial charge in [0.05, 0.1) is 17.7 Å². The highest BCUT2D eigenvalue weighted by Crippen LogP contribution is 2.15. The van der Waals surface area contributed by atoms with E-state index in [4.69, 9.17) is 5.26 Å². The Hall–Kier alpha value is -3.72. The van der Waals surface area contributed by atoms with Crippen molar-refractivity contribution in [1.29, 1.82) is 5.26 Å². The van der Waals surface area contributed by atoms with Crippen molar-refractivity contribution in [2.45, 2.75) is 13.0 Å². The van der Waals surface area contributed by atoms with E-state index < -0.39 is 0 Å². The third-order valence-corrected chi connectivity index (χ3v) is 3.78. The molecule has 0 fully saturated rings. The molecule has 6 nitrogen and oxygen atoms in total. The maximum Gasteiger partial charge on any atom is 0.270 e. The summed E-state index contributed by atoms with van der Waals surface area (Å²) in [6, 6.07) is 20.2. The zero-order chi connectivity index (χ0) is 18.4. The zero-order valence-electron chi connectivity index (χ0n) is 14.2. The Morgan fingerprint density at radius 2 is 1.92 bits per heavy atom. The van der Waals surface area contributed by atoms with Crippen LogP contribution in [0, 0.1) is 11.3 Å². The molecule has 128 valence electrons. The van der Waals surface area contributed by atoms with Gasteiger partial charge in [-0.2, -0.15) is 5.26 Å². The summed E-state index contributed by atoms with van der Waals surface area (Å²) in [4.78, 5) is 20.8. The van der Waals surface area contributed by atoms with Crippen molar-refractivity contribution in [2.24, 2.45) is 0 Å². The molecule has 1 amide bonds. The van der Waals surface area contributed by atoms with Crippen molar-refractivity contribution in [1.82, 2.24) is 15.3 Å². The summed E-state index contributed by atoms with van der Waals surface area (Å²) in [5.74, 6) is 0.0117. The Morgan fingerprint density at radius 3 is 2.69 bits per heavy atom. The molecule has 0 saturated heterocycles. The Bertz CT molecular complexity index is 950. The first kappa shape index (κ1) is 17.1. The van der Waals surface area contributed by atoms with Gasteiger partial charge in [-0.1, -0.05) is 36.4 Å². The minimum atomic E-state index is -0.280. The van der Waals surface area contributed by atoms with Crippen LogP contribution >= 0.6 is 0 Å². The normalized spacial score (nSPS) is 11.2. The van der Waals surface area contributed by atoms with Crippen LogP contribution < -0.4 is 10.6 Å². The number of nitrogens with one attached hydrogen (secondary N) is 2. The van der Waals surface area contributed by atoms with Crippen LogP contribution in [-0.2, 0) is 0 Å². The summed E-state index contributed by atoms with van der Waals surface area (Å²) in [5.41, 5.74) is 2.49. The molecule has 0 radical (unpaired) electrons. The number of carbonyl (C=O) groups excluding carboxylic acids is 1. The number of nitrogens with zero attached hydrogens (tertiary/aromatic N) is 3. The number of amides is 1. The van der Waals surface area contributed by atoms with Crippen LogP contribution in [0.5, 0.6) is 0 Å². The third kappa shape index (κ3) is 4.22. The minimum absolute atomic E-state index is 0.137. The van der Waals surface area contributed by atoms with Gasteiger partial charge in [0, 0.05) is 11.9 Å². The molecule has 6 heteroatoms. The summed E-state index contributed by atoms with van der Waals surface area (Å²) >= 11 is 0. The van der Waals surface area contributed by atoms with E-state index in [1.165, 1.54) is 6.20 Å². The maximum absolute atomic E-state index is 12.5. The smallest absolute Gasteiger partial charge is 0.270 e. The fraction of sp³-hybridized carbons (Fsp3) is 0.100. The minimum Gasteiger partial charge on any atom is -0.344 e. The van der Waals surface area contributed by atoms with Gasteiger partial charge in [0.2, 0.25) is 5.95 Å². The molecule has 1 unspecified atom stereocenters. The molecule has 0 aliphatic heterocycles. The highest BCUT2D eigenvalue weighted by Gasteiger charge is 2.13. The van der Waals surface area contributed by atoms with Crippen LogP contribution in [0.1, 0.15) is 34.6 Å². The molecular weight excluding hydrogens is 326 g/mol. The van der Waals surface area contributed by atoms with Gasteiger partial charge < -0.3 is 10.6 Å². The number of carbonyl (C=O) groups is 1. The van der Waals surface area contributed by atoms with Crippen molar-refractivity contribution >= 4 is 17.5 Å². The van der Waals surface area contributed by atoms with E-state index >= 15 is 0 Å². The molecule has 2 aromatic carbocycles. The molecule has 1 heterocycles. The largest absolute Gasteiger partial charge is 0.344 e. The Labute approximate surface area is 151 Å². The van der Waals surface area contributed by atoms with Crippen molar-refractivity contribution < 1.29 is 4.79 Å². The molecule has 0 aliphatic carbocycles. The first-order valence-corrected chi connectivity index (χ1v) is 8.12. The number of aromatic nitrogens is 2. The number of rotatable bonds is 5. The average Bonchev–Trinajstić information content (AvgIpc) is 2.69. The number of hydrogen-bond acceptors (Lipinski definition) is 5. The molecule has 1 atom stereocenters. The Balaban J connectivity index is 1.72. The molecule has 0 bridgehead atoms. The lowest BCUT2D eigenvalue weighted by molar-refractivity contribution is 0.0935. The predicted molar refractivity (Wildman–Crippen MR) is 98.8 cm³/mol. The average molecular weight is 343 g/mol. The summed E-state index contributed by atoms with van der Waals surface area (Å²) in [6.45, 7) is 1.92. The maximum atomic E-state index is 12.5. The molecular formula is C20H17N5O. The summed E-state index contributed by atoms with van der Waals surface area (Å²) in [5, 5.41) is 14.9. The summed E-state index contributed by atoms with van der Waals surface area (Å²) in [7, 11) is 0. The van der Waals surface area contributed by atoms with E-state index in [9.17, 15) is 4.79 Å². The molecule has 1 aromatic heterocycles. The van der Waals surface area contributed by atoms with E-state index in [1.807, 2.05) is 37.3 Å². The SMILES string of the molecule is CC(NC(=O)c1ccnc(Nc2cccc(C#N)c2)n1)c1ccccc1. The van der Waals surface area contributed by atoms with Crippen molar-refractivity contribution in [2.75, 3.05) is 5.32 Å². The van der Waals surface area contributed by atoms with Crippen LogP contribution in [0.2, 0.25) is 0 Å². The standard InChI is InChI=1S/C20H17N5O/c1-14(16-7-3-2-4-8-16)23-19(26)18-10-11-22-20(25-18)24-17-9-5-6-15(12-17)13-21/h2-12,14H,1H3,(H,23,26)(H,22,24,25). The highest BCUT2D eigenvalue weighted by molar-refractivity contribution is 5.92. The van der Waals surface area contributed by atoms with Gasteiger partial charge in [-0.25, -0.2) is 9.97 Å². The monoisotopic (exact) mass is 343 g/mol. The first-order chi connectivity index (χ1) is 12.7. The van der Waals surface area contributed by atoms with Crippen LogP contribution in [-0.4, -0.2) is 15.9 Å². The van der Waals surface area contributed by atoms with Gasteiger partial charge in [0.15, 0.2) is 0 Å². The molecule has 2 N–H and O–H groups in total. The number of benzene rings is 2. The van der Waals surface area contributed by atoms with Crippen LogP contribution in [0.15, 0.2) is 66.9 Å². The first-order valence-electron chi connectivity index (χ1n) is 8.12. The zero-order valence-corrected chi connectivity index (χ0v) is 14.2. The number of nitriles is 1. The fourth-order valence-corrected chi connectivity index (χ4v) is 2.44. The topological polar surface area (TPSA) is 90.7 Å². The second kappa shape index (κ2) is 7.90. The highest BCUT2D eigenvalue weighted by atomic mass is 16.1. The second-order valence-corrected chi connectivity index (χ2v) is 5.69. The molecule has 3 rings (SSSR count). The van der Waals surface area contributed by atoms with Crippen LogP contribution in [0.25, 0.3) is 0 Å². The lowest BCUT2D eigenvalue weighted by Gasteiger charge is -2.14. The van der Waals surface area contributed by atoms with Gasteiger partial charge in [-0.15, -0.1) is 0 Å². The summed E-state index contributed by atoms with van der Waals surface area (Å²) < 4.78 is 0. The van der Waals surface area contributed by atoms with Crippen molar-refractivity contribution in [3.8, 4) is 6.07 Å². The van der Waals surface area contributed by atoms with Gasteiger partial charge in [0.25, 0.3) is 5.91 Å². The predicted octanol–water partition coefficient (Wildman–Crippen LogP) is 3.58. The molecule has 0 aliphatic rings. The molecule has 3 aromatic rings. The fourth-order valence-electron chi connectivity index (χ4n) is 2.44. The quantitative estimate of drug-likeness (QED) is 0.739. The molecule has 0 spiro atoms. The van der Waals surface area contributed by atoms with E-state index in [2.05, 4.69) is 26.7 Å².